The molecule has 32 heavy (non-hydrogen) atoms. The van der Waals surface area contributed by atoms with E-state index in [9.17, 15) is 19.6 Å². The highest BCUT2D eigenvalue weighted by atomic mass is 32.2. The van der Waals surface area contributed by atoms with Crippen LogP contribution in [0.2, 0.25) is 0 Å². The van der Waals surface area contributed by atoms with Gasteiger partial charge in [0.05, 0.1) is 53.2 Å². The number of carbonyl (C=O) groups is 3. The fraction of sp³-hybridized carbons (Fsp3) is 0.417. The van der Waals surface area contributed by atoms with E-state index in [-0.39, 0.29) is 18.1 Å². The predicted molar refractivity (Wildman–Crippen MR) is 123 cm³/mol. The second-order valence-electron chi connectivity index (χ2n) is 8.25. The number of hydrogen-bond acceptors (Lipinski definition) is 8. The third-order valence-corrected chi connectivity index (χ3v) is 6.01. The quantitative estimate of drug-likeness (QED) is 0.612. The molecule has 0 radical (unpaired) electrons. The minimum atomic E-state index is -0.695. The van der Waals surface area contributed by atoms with Gasteiger partial charge in [0.1, 0.15) is 5.78 Å². The molecule has 0 saturated heterocycles. The largest absolute Gasteiger partial charge is 0.465 e. The molecule has 1 aliphatic heterocycles. The van der Waals surface area contributed by atoms with Crippen molar-refractivity contribution in [3.05, 3.63) is 57.3 Å². The summed E-state index contributed by atoms with van der Waals surface area (Å²) in [6.45, 7) is 9.18. The topological polar surface area (TPSA) is 105 Å². The monoisotopic (exact) mass is 456 g/mol. The zero-order valence-electron chi connectivity index (χ0n) is 19.2. The molecular formula is C24H28N2O5S. The summed E-state index contributed by atoms with van der Waals surface area (Å²) in [6.07, 6.45) is 0. The summed E-state index contributed by atoms with van der Waals surface area (Å²) >= 11 is 1.24. The summed E-state index contributed by atoms with van der Waals surface area (Å²) in [6, 6.07) is 8.77. The number of dihydropyridines is 1. The van der Waals surface area contributed by atoms with Crippen LogP contribution in [0.25, 0.3) is 0 Å². The average Bonchev–Trinajstić information content (AvgIpc) is 2.75. The fourth-order valence-corrected chi connectivity index (χ4v) is 4.38. The summed E-state index contributed by atoms with van der Waals surface area (Å²) in [7, 11) is 1.30. The number of nitrogens with one attached hydrogen (secondary N) is 1. The van der Waals surface area contributed by atoms with Crippen LogP contribution in [-0.4, -0.2) is 37.2 Å². The van der Waals surface area contributed by atoms with Crippen molar-refractivity contribution < 1.29 is 23.9 Å². The lowest BCUT2D eigenvalue weighted by Gasteiger charge is -2.29. The number of hydrogen-bond donors (Lipinski definition) is 1. The van der Waals surface area contributed by atoms with Crippen LogP contribution < -0.4 is 5.32 Å². The summed E-state index contributed by atoms with van der Waals surface area (Å²) in [5, 5.41) is 13.7. The number of ketones is 1. The number of methoxy groups -OCH3 is 1. The molecule has 0 aliphatic carbocycles. The Hall–Kier alpha value is -3.05. The van der Waals surface area contributed by atoms with E-state index in [4.69, 9.17) is 9.47 Å². The Kier molecular flexibility index (Phi) is 8.28. The SMILES string of the molecule is CCOC(=O)C1=C(C)NC(SCC(=O)C(C)(C)C)=C(C#N)C1c1ccc(C(=O)OC)cc1. The number of carbonyl (C=O) groups excluding carboxylic acids is 3. The minimum Gasteiger partial charge on any atom is -0.465 e. The highest BCUT2D eigenvalue weighted by Gasteiger charge is 2.36. The lowest BCUT2D eigenvalue weighted by Crippen LogP contribution is -2.30. The van der Waals surface area contributed by atoms with E-state index >= 15 is 0 Å². The number of nitriles is 1. The first-order chi connectivity index (χ1) is 15.0. The van der Waals surface area contributed by atoms with Crippen molar-refractivity contribution in [1.82, 2.24) is 5.32 Å². The maximum absolute atomic E-state index is 12.8. The van der Waals surface area contributed by atoms with Crippen LogP contribution in [0.1, 0.15) is 56.5 Å². The Bertz CT molecular complexity index is 1010. The number of rotatable bonds is 7. The van der Waals surface area contributed by atoms with Crippen molar-refractivity contribution in [2.45, 2.75) is 40.5 Å². The summed E-state index contributed by atoms with van der Waals surface area (Å²) in [5.74, 6) is -1.47. The molecule has 170 valence electrons. The molecule has 0 spiro atoms. The van der Waals surface area contributed by atoms with Gasteiger partial charge < -0.3 is 14.8 Å². The van der Waals surface area contributed by atoms with Gasteiger partial charge in [-0.05, 0) is 31.5 Å². The van der Waals surface area contributed by atoms with Crippen LogP contribution in [0.4, 0.5) is 0 Å². The highest BCUT2D eigenvalue weighted by molar-refractivity contribution is 8.03. The number of esters is 2. The standard InChI is InChI=1S/C24H28N2O5S/c1-7-31-23(29)19-14(2)26-21(32-13-18(27)24(3,4)5)17(12-25)20(19)15-8-10-16(11-9-15)22(28)30-6/h8-11,20,26H,7,13H2,1-6H3. The molecule has 0 fully saturated rings. The molecule has 2 rings (SSSR count). The second kappa shape index (κ2) is 10.5. The molecule has 1 heterocycles. The maximum Gasteiger partial charge on any atom is 0.337 e. The Balaban J connectivity index is 2.54. The van der Waals surface area contributed by atoms with Crippen molar-refractivity contribution in [1.29, 1.82) is 5.26 Å². The molecule has 0 amide bonds. The molecule has 8 heteroatoms. The fourth-order valence-electron chi connectivity index (χ4n) is 3.12. The molecule has 0 aromatic heterocycles. The van der Waals surface area contributed by atoms with Gasteiger partial charge in [0.2, 0.25) is 0 Å². The van der Waals surface area contributed by atoms with E-state index in [0.717, 1.165) is 0 Å². The zero-order chi connectivity index (χ0) is 24.1. The Morgan fingerprint density at radius 3 is 2.28 bits per heavy atom. The molecule has 1 N–H and O–H groups in total. The van der Waals surface area contributed by atoms with Gasteiger partial charge >= 0.3 is 11.9 Å². The van der Waals surface area contributed by atoms with Gasteiger partial charge in [0.15, 0.2) is 0 Å². The summed E-state index contributed by atoms with van der Waals surface area (Å²) in [5.41, 5.74) is 1.70. The van der Waals surface area contributed by atoms with Crippen LogP contribution >= 0.6 is 11.8 Å². The van der Waals surface area contributed by atoms with Gasteiger partial charge in [-0.3, -0.25) is 4.79 Å². The van der Waals surface area contributed by atoms with E-state index in [1.165, 1.54) is 18.9 Å². The summed E-state index contributed by atoms with van der Waals surface area (Å²) < 4.78 is 9.99. The first-order valence-corrected chi connectivity index (χ1v) is 11.2. The van der Waals surface area contributed by atoms with Crippen molar-refractivity contribution in [2.75, 3.05) is 19.5 Å². The van der Waals surface area contributed by atoms with E-state index in [2.05, 4.69) is 11.4 Å². The molecule has 1 aliphatic rings. The first-order valence-electron chi connectivity index (χ1n) is 10.2. The van der Waals surface area contributed by atoms with Crippen LogP contribution in [0, 0.1) is 16.7 Å². The number of nitrogens with zero attached hydrogens (tertiary/aromatic N) is 1. The van der Waals surface area contributed by atoms with Crippen LogP contribution in [0.5, 0.6) is 0 Å². The molecule has 1 atom stereocenters. The molecular weight excluding hydrogens is 428 g/mol. The number of allylic oxidation sites excluding steroid dienone is 2. The number of ether oxygens (including phenoxy) is 2. The number of benzene rings is 1. The van der Waals surface area contributed by atoms with Crippen molar-refractivity contribution in [3.8, 4) is 6.07 Å². The molecule has 0 saturated carbocycles. The molecule has 7 nitrogen and oxygen atoms in total. The highest BCUT2D eigenvalue weighted by Crippen LogP contribution is 2.41. The van der Waals surface area contributed by atoms with E-state index in [1.807, 2.05) is 20.8 Å². The molecule has 0 bridgehead atoms. The maximum atomic E-state index is 12.8. The molecule has 1 unspecified atom stereocenters. The van der Waals surface area contributed by atoms with E-state index in [0.29, 0.717) is 33.0 Å². The predicted octanol–water partition coefficient (Wildman–Crippen LogP) is 4.08. The van der Waals surface area contributed by atoms with Gasteiger partial charge in [-0.2, -0.15) is 5.26 Å². The van der Waals surface area contributed by atoms with E-state index in [1.54, 1.807) is 38.1 Å². The Morgan fingerprint density at radius 2 is 1.78 bits per heavy atom. The third kappa shape index (κ3) is 5.60. The van der Waals surface area contributed by atoms with Crippen molar-refractivity contribution in [3.63, 3.8) is 0 Å². The average molecular weight is 457 g/mol. The molecule has 1 aromatic rings. The van der Waals surface area contributed by atoms with Gasteiger partial charge in [0, 0.05) is 11.1 Å². The smallest absolute Gasteiger partial charge is 0.337 e. The lowest BCUT2D eigenvalue weighted by molar-refractivity contribution is -0.138. The number of thioether (sulfide) groups is 1. The van der Waals surface area contributed by atoms with Crippen molar-refractivity contribution in [2.24, 2.45) is 5.41 Å². The Labute approximate surface area is 192 Å². The van der Waals surface area contributed by atoms with Gasteiger partial charge in [-0.15, -0.1) is 0 Å². The van der Waals surface area contributed by atoms with Gasteiger partial charge in [-0.1, -0.05) is 44.7 Å². The molecule has 1 aromatic carbocycles. The number of Topliss-reactive ketones (excluding diaryl/α,β-unsaturated/α-hetero) is 1. The van der Waals surface area contributed by atoms with Crippen LogP contribution in [0.15, 0.2) is 46.1 Å². The van der Waals surface area contributed by atoms with Crippen LogP contribution in [-0.2, 0) is 19.1 Å². The summed E-state index contributed by atoms with van der Waals surface area (Å²) in [4.78, 5) is 37.0. The zero-order valence-corrected chi connectivity index (χ0v) is 20.0. The normalized spacial score (nSPS) is 16.2. The first kappa shape index (κ1) is 25.2. The van der Waals surface area contributed by atoms with E-state index < -0.39 is 23.3 Å². The van der Waals surface area contributed by atoms with Crippen molar-refractivity contribution >= 4 is 29.5 Å². The van der Waals surface area contributed by atoms with Crippen LogP contribution in [0.3, 0.4) is 0 Å². The van der Waals surface area contributed by atoms with Gasteiger partial charge in [0.25, 0.3) is 0 Å². The second-order valence-corrected chi connectivity index (χ2v) is 9.23. The Morgan fingerprint density at radius 1 is 1.16 bits per heavy atom. The van der Waals surface area contributed by atoms with Gasteiger partial charge in [-0.25, -0.2) is 9.59 Å². The third-order valence-electron chi connectivity index (χ3n) is 4.99. The lowest BCUT2D eigenvalue weighted by atomic mass is 9.82. The minimum absolute atomic E-state index is 0.0471.